The van der Waals surface area contributed by atoms with E-state index in [1.807, 2.05) is 54.3 Å². The van der Waals surface area contributed by atoms with E-state index in [9.17, 15) is 9.18 Å². The summed E-state index contributed by atoms with van der Waals surface area (Å²) in [5, 5.41) is 9.10. The Bertz CT molecular complexity index is 1260. The van der Waals surface area contributed by atoms with Crippen molar-refractivity contribution in [1.82, 2.24) is 24.3 Å². The lowest BCUT2D eigenvalue weighted by atomic mass is 10.2. The molecule has 4 aromatic rings. The van der Waals surface area contributed by atoms with Gasteiger partial charge in [-0.15, -0.1) is 10.2 Å². The van der Waals surface area contributed by atoms with Crippen molar-refractivity contribution < 1.29 is 9.18 Å². The van der Waals surface area contributed by atoms with Crippen molar-refractivity contribution in [2.45, 2.75) is 25.9 Å². The molecule has 31 heavy (non-hydrogen) atoms. The van der Waals surface area contributed by atoms with E-state index in [1.54, 1.807) is 25.4 Å². The summed E-state index contributed by atoms with van der Waals surface area (Å²) in [7, 11) is 1.87. The van der Waals surface area contributed by atoms with Gasteiger partial charge in [-0.05, 0) is 56.7 Å². The fourth-order valence-corrected chi connectivity index (χ4v) is 4.35. The molecule has 0 fully saturated rings. The molecule has 0 radical (unpaired) electrons. The van der Waals surface area contributed by atoms with Crippen molar-refractivity contribution in [3.05, 3.63) is 77.1 Å². The van der Waals surface area contributed by atoms with Gasteiger partial charge in [-0.3, -0.25) is 9.78 Å². The van der Waals surface area contributed by atoms with Crippen LogP contribution in [0.15, 0.2) is 53.9 Å². The lowest BCUT2D eigenvalue weighted by Gasteiger charge is -2.11. The van der Waals surface area contributed by atoms with Crippen molar-refractivity contribution >= 4 is 17.5 Å². The second-order valence-electron chi connectivity index (χ2n) is 7.37. The normalized spacial score (nSPS) is 11.1. The van der Waals surface area contributed by atoms with Crippen molar-refractivity contribution in [2.24, 2.45) is 7.05 Å². The van der Waals surface area contributed by atoms with Gasteiger partial charge in [-0.2, -0.15) is 0 Å². The van der Waals surface area contributed by atoms with E-state index < -0.39 is 0 Å². The molecule has 0 aliphatic carbocycles. The quantitative estimate of drug-likeness (QED) is 0.324. The van der Waals surface area contributed by atoms with Crippen LogP contribution in [0.3, 0.4) is 0 Å². The lowest BCUT2D eigenvalue weighted by Crippen LogP contribution is -2.07. The van der Waals surface area contributed by atoms with E-state index in [0.717, 1.165) is 17.0 Å². The third-order valence-corrected chi connectivity index (χ3v) is 6.25. The molecule has 4 rings (SSSR count). The van der Waals surface area contributed by atoms with Crippen LogP contribution in [-0.2, 0) is 7.05 Å². The second-order valence-corrected chi connectivity index (χ2v) is 8.31. The average Bonchev–Trinajstić information content (AvgIpc) is 3.28. The topological polar surface area (TPSA) is 65.6 Å². The molecule has 0 amide bonds. The number of halogens is 1. The molecular formula is C23H22FN5OS. The number of carbonyl (C=O) groups excluding carboxylic acids is 1. The highest BCUT2D eigenvalue weighted by molar-refractivity contribution is 7.99. The summed E-state index contributed by atoms with van der Waals surface area (Å²) in [4.78, 5) is 17.1. The van der Waals surface area contributed by atoms with E-state index in [4.69, 9.17) is 0 Å². The third kappa shape index (κ3) is 4.03. The number of aromatic nitrogens is 5. The predicted molar refractivity (Wildman–Crippen MR) is 119 cm³/mol. The van der Waals surface area contributed by atoms with E-state index in [1.165, 1.54) is 17.8 Å². The van der Waals surface area contributed by atoms with Crippen LogP contribution >= 0.6 is 11.8 Å². The minimum absolute atomic E-state index is 0.0112. The molecule has 8 heteroatoms. The Kier molecular flexibility index (Phi) is 5.73. The molecule has 0 saturated carbocycles. The van der Waals surface area contributed by atoms with Gasteiger partial charge in [0.1, 0.15) is 5.82 Å². The summed E-state index contributed by atoms with van der Waals surface area (Å²) in [5.41, 5.74) is 4.46. The average molecular weight is 436 g/mol. The smallest absolute Gasteiger partial charge is 0.191 e. The number of Topliss-reactive ketones (excluding diaryl/α,β-unsaturated/α-hetero) is 1. The molecule has 6 nitrogen and oxygen atoms in total. The summed E-state index contributed by atoms with van der Waals surface area (Å²) in [6.45, 7) is 5.52. The number of nitrogens with zero attached hydrogens (tertiary/aromatic N) is 5. The van der Waals surface area contributed by atoms with Crippen molar-refractivity contribution in [1.29, 1.82) is 0 Å². The van der Waals surface area contributed by atoms with Crippen LogP contribution in [0.4, 0.5) is 4.39 Å². The number of hydrogen-bond acceptors (Lipinski definition) is 5. The molecule has 0 saturated heterocycles. The monoisotopic (exact) mass is 435 g/mol. The van der Waals surface area contributed by atoms with Gasteiger partial charge in [0.15, 0.2) is 16.8 Å². The standard InChI is InChI=1S/C23H22FN5OS/c1-14-7-8-18(11-20(14)24)29-15(2)10-19(16(29)3)21(30)13-31-23-27-26-22(28(23)4)17-6-5-9-25-12-17/h5-12H,13H2,1-4H3. The first-order valence-electron chi connectivity index (χ1n) is 9.78. The highest BCUT2D eigenvalue weighted by Gasteiger charge is 2.19. The lowest BCUT2D eigenvalue weighted by molar-refractivity contribution is 0.102. The van der Waals surface area contributed by atoms with E-state index in [-0.39, 0.29) is 17.4 Å². The number of benzene rings is 1. The molecule has 1 aromatic carbocycles. The summed E-state index contributed by atoms with van der Waals surface area (Å²) in [5.74, 6) is 0.650. The van der Waals surface area contributed by atoms with E-state index >= 15 is 0 Å². The molecule has 3 aromatic heterocycles. The maximum Gasteiger partial charge on any atom is 0.191 e. The molecule has 0 spiro atoms. The Morgan fingerprint density at radius 3 is 2.65 bits per heavy atom. The van der Waals surface area contributed by atoms with Gasteiger partial charge in [0.05, 0.1) is 5.75 Å². The Morgan fingerprint density at radius 2 is 1.94 bits per heavy atom. The fourth-order valence-electron chi connectivity index (χ4n) is 3.56. The SMILES string of the molecule is Cc1ccc(-n2c(C)cc(C(=O)CSc3nnc(-c4cccnc4)n3C)c2C)cc1F. The van der Waals surface area contributed by atoms with Crippen molar-refractivity contribution in [3.63, 3.8) is 0 Å². The Morgan fingerprint density at radius 1 is 1.13 bits per heavy atom. The zero-order chi connectivity index (χ0) is 22.1. The zero-order valence-electron chi connectivity index (χ0n) is 17.8. The van der Waals surface area contributed by atoms with Gasteiger partial charge in [-0.25, -0.2) is 4.39 Å². The fraction of sp³-hybridized carbons (Fsp3) is 0.217. The maximum atomic E-state index is 14.1. The van der Waals surface area contributed by atoms with Crippen molar-refractivity contribution in [2.75, 3.05) is 5.75 Å². The highest BCUT2D eigenvalue weighted by atomic mass is 32.2. The summed E-state index contributed by atoms with van der Waals surface area (Å²) >= 11 is 1.34. The summed E-state index contributed by atoms with van der Waals surface area (Å²) < 4.78 is 17.8. The van der Waals surface area contributed by atoms with Gasteiger partial charge in [0.25, 0.3) is 0 Å². The first-order chi connectivity index (χ1) is 14.9. The predicted octanol–water partition coefficient (Wildman–Crippen LogP) is 4.71. The molecule has 0 aliphatic rings. The molecule has 158 valence electrons. The van der Waals surface area contributed by atoms with Gasteiger partial charge in [-0.1, -0.05) is 17.8 Å². The minimum atomic E-state index is -0.264. The maximum absolute atomic E-state index is 14.1. The number of hydrogen-bond donors (Lipinski definition) is 0. The Balaban J connectivity index is 1.54. The van der Waals surface area contributed by atoms with Crippen molar-refractivity contribution in [3.8, 4) is 17.1 Å². The Labute approximate surface area is 184 Å². The first-order valence-corrected chi connectivity index (χ1v) is 10.8. The van der Waals surface area contributed by atoms with Gasteiger partial charge < -0.3 is 9.13 Å². The minimum Gasteiger partial charge on any atom is -0.318 e. The van der Waals surface area contributed by atoms with Crippen LogP contribution in [0.1, 0.15) is 27.3 Å². The first kappa shape index (κ1) is 21.0. The van der Waals surface area contributed by atoms with Crippen LogP contribution in [0.2, 0.25) is 0 Å². The molecule has 0 unspecified atom stereocenters. The highest BCUT2D eigenvalue weighted by Crippen LogP contribution is 2.26. The van der Waals surface area contributed by atoms with Gasteiger partial charge in [0, 0.05) is 47.6 Å². The molecule has 3 heterocycles. The van der Waals surface area contributed by atoms with E-state index in [0.29, 0.717) is 27.8 Å². The van der Waals surface area contributed by atoms with Crippen LogP contribution in [0.25, 0.3) is 17.1 Å². The number of pyridine rings is 1. The van der Waals surface area contributed by atoms with Crippen LogP contribution in [-0.4, -0.2) is 35.9 Å². The van der Waals surface area contributed by atoms with Crippen LogP contribution < -0.4 is 0 Å². The Hall–Kier alpha value is -3.26. The molecule has 0 N–H and O–H groups in total. The second kappa shape index (κ2) is 8.47. The number of rotatable bonds is 6. The van der Waals surface area contributed by atoms with Gasteiger partial charge >= 0.3 is 0 Å². The molecular weight excluding hydrogens is 413 g/mol. The molecule has 0 atom stereocenters. The molecule has 0 aliphatic heterocycles. The largest absolute Gasteiger partial charge is 0.318 e. The number of carbonyl (C=O) groups is 1. The summed E-state index contributed by atoms with van der Waals surface area (Å²) in [6, 6.07) is 10.7. The summed E-state index contributed by atoms with van der Waals surface area (Å²) in [6.07, 6.45) is 3.43. The van der Waals surface area contributed by atoms with Crippen LogP contribution in [0.5, 0.6) is 0 Å². The third-order valence-electron chi connectivity index (χ3n) is 5.23. The molecule has 0 bridgehead atoms. The number of thioether (sulfide) groups is 1. The van der Waals surface area contributed by atoms with Crippen LogP contribution in [0, 0.1) is 26.6 Å². The van der Waals surface area contributed by atoms with E-state index in [2.05, 4.69) is 15.2 Å². The number of ketones is 1. The number of aryl methyl sites for hydroxylation is 2. The van der Waals surface area contributed by atoms with Gasteiger partial charge in [0.2, 0.25) is 0 Å². The zero-order valence-corrected chi connectivity index (χ0v) is 18.6.